The maximum absolute atomic E-state index is 13.1. The summed E-state index contributed by atoms with van der Waals surface area (Å²) in [7, 11) is 1.84. The molecule has 0 aliphatic carbocycles. The van der Waals surface area contributed by atoms with E-state index in [0.717, 1.165) is 15.7 Å². The standard InChI is InChI=1S/C13H13BrFN3/c1-16-13(9-4-11(15)8-17-6-9)5-12-3-2-10(14)7-18-12/h2-4,6-8,13,16H,5H2,1H3. The number of nitrogens with zero attached hydrogens (tertiary/aromatic N) is 2. The molecule has 0 bridgehead atoms. The third kappa shape index (κ3) is 3.34. The predicted molar refractivity (Wildman–Crippen MR) is 71.6 cm³/mol. The van der Waals surface area contributed by atoms with Gasteiger partial charge in [0.25, 0.3) is 0 Å². The van der Waals surface area contributed by atoms with Gasteiger partial charge in [-0.3, -0.25) is 9.97 Å². The second-order valence-electron chi connectivity index (χ2n) is 3.95. The molecular weight excluding hydrogens is 297 g/mol. The minimum atomic E-state index is -0.323. The molecule has 0 fully saturated rings. The van der Waals surface area contributed by atoms with Crippen molar-refractivity contribution in [1.29, 1.82) is 0 Å². The van der Waals surface area contributed by atoms with Crippen LogP contribution in [-0.2, 0) is 6.42 Å². The van der Waals surface area contributed by atoms with Crippen LogP contribution in [0.5, 0.6) is 0 Å². The van der Waals surface area contributed by atoms with Crippen molar-refractivity contribution in [2.75, 3.05) is 7.05 Å². The van der Waals surface area contributed by atoms with Gasteiger partial charge >= 0.3 is 0 Å². The number of hydrogen-bond acceptors (Lipinski definition) is 3. The van der Waals surface area contributed by atoms with Crippen molar-refractivity contribution in [3.63, 3.8) is 0 Å². The lowest BCUT2D eigenvalue weighted by Gasteiger charge is -2.15. The number of rotatable bonds is 4. The highest BCUT2D eigenvalue weighted by molar-refractivity contribution is 9.10. The molecule has 0 aliphatic rings. The van der Waals surface area contributed by atoms with Gasteiger partial charge in [0.05, 0.1) is 6.20 Å². The highest BCUT2D eigenvalue weighted by Crippen LogP contribution is 2.18. The van der Waals surface area contributed by atoms with E-state index in [-0.39, 0.29) is 11.9 Å². The Labute approximate surface area is 114 Å². The maximum atomic E-state index is 13.1. The van der Waals surface area contributed by atoms with Crippen molar-refractivity contribution >= 4 is 15.9 Å². The van der Waals surface area contributed by atoms with Crippen molar-refractivity contribution in [3.8, 4) is 0 Å². The first-order chi connectivity index (χ1) is 8.69. The minimum Gasteiger partial charge on any atom is -0.313 e. The van der Waals surface area contributed by atoms with Gasteiger partial charge in [-0.2, -0.15) is 0 Å². The Bertz CT molecular complexity index is 516. The molecular formula is C13H13BrFN3. The SMILES string of the molecule is CNC(Cc1ccc(Br)cn1)c1cncc(F)c1. The average Bonchev–Trinajstić information content (AvgIpc) is 2.38. The molecule has 0 radical (unpaired) electrons. The van der Waals surface area contributed by atoms with Crippen LogP contribution >= 0.6 is 15.9 Å². The molecule has 0 spiro atoms. The Morgan fingerprint density at radius 3 is 2.78 bits per heavy atom. The normalized spacial score (nSPS) is 12.4. The molecule has 3 nitrogen and oxygen atoms in total. The Kier molecular flexibility index (Phi) is 4.38. The Morgan fingerprint density at radius 1 is 1.33 bits per heavy atom. The van der Waals surface area contributed by atoms with E-state index < -0.39 is 0 Å². The summed E-state index contributed by atoms with van der Waals surface area (Å²) in [5, 5.41) is 3.15. The smallest absolute Gasteiger partial charge is 0.141 e. The van der Waals surface area contributed by atoms with Crippen LogP contribution in [0.3, 0.4) is 0 Å². The van der Waals surface area contributed by atoms with Crippen molar-refractivity contribution < 1.29 is 4.39 Å². The van der Waals surface area contributed by atoms with Crippen LogP contribution in [0.2, 0.25) is 0 Å². The van der Waals surface area contributed by atoms with Gasteiger partial charge in [-0.05, 0) is 46.7 Å². The minimum absolute atomic E-state index is 0.00174. The molecule has 1 N–H and O–H groups in total. The van der Waals surface area contributed by atoms with Crippen molar-refractivity contribution in [1.82, 2.24) is 15.3 Å². The van der Waals surface area contributed by atoms with E-state index in [4.69, 9.17) is 0 Å². The van der Waals surface area contributed by atoms with E-state index in [9.17, 15) is 4.39 Å². The Balaban J connectivity index is 2.17. The monoisotopic (exact) mass is 309 g/mol. The number of aromatic nitrogens is 2. The van der Waals surface area contributed by atoms with Gasteiger partial charge in [0.1, 0.15) is 5.82 Å². The summed E-state index contributed by atoms with van der Waals surface area (Å²) < 4.78 is 14.1. The van der Waals surface area contributed by atoms with Crippen molar-refractivity contribution in [2.45, 2.75) is 12.5 Å². The van der Waals surface area contributed by atoms with Crippen molar-refractivity contribution in [2.24, 2.45) is 0 Å². The molecule has 0 saturated carbocycles. The number of hydrogen-bond donors (Lipinski definition) is 1. The maximum Gasteiger partial charge on any atom is 0.141 e. The molecule has 2 heterocycles. The number of likely N-dealkylation sites (N-methyl/N-ethyl adjacent to an activating group) is 1. The summed E-state index contributed by atoms with van der Waals surface area (Å²) in [6.07, 6.45) is 5.32. The summed E-state index contributed by atoms with van der Waals surface area (Å²) in [5.74, 6) is -0.323. The van der Waals surface area contributed by atoms with Gasteiger partial charge in [0.15, 0.2) is 0 Å². The first kappa shape index (κ1) is 13.1. The molecule has 2 rings (SSSR count). The molecule has 1 atom stereocenters. The van der Waals surface area contributed by atoms with Crippen LogP contribution in [0.25, 0.3) is 0 Å². The quantitative estimate of drug-likeness (QED) is 0.943. The number of nitrogens with one attached hydrogen (secondary N) is 1. The summed E-state index contributed by atoms with van der Waals surface area (Å²) in [5.41, 5.74) is 1.77. The lowest BCUT2D eigenvalue weighted by atomic mass is 10.0. The molecule has 0 amide bonds. The number of halogens is 2. The van der Waals surface area contributed by atoms with Gasteiger partial charge in [-0.25, -0.2) is 4.39 Å². The first-order valence-electron chi connectivity index (χ1n) is 5.57. The predicted octanol–water partition coefficient (Wildman–Crippen LogP) is 2.88. The van der Waals surface area contributed by atoms with Gasteiger partial charge in [0, 0.05) is 35.0 Å². The third-order valence-corrected chi connectivity index (χ3v) is 3.15. The summed E-state index contributed by atoms with van der Waals surface area (Å²) >= 11 is 3.35. The summed E-state index contributed by atoms with van der Waals surface area (Å²) in [4.78, 5) is 8.18. The second-order valence-corrected chi connectivity index (χ2v) is 4.87. The fourth-order valence-corrected chi connectivity index (χ4v) is 1.98. The highest BCUT2D eigenvalue weighted by atomic mass is 79.9. The average molecular weight is 310 g/mol. The second kappa shape index (κ2) is 6.02. The van der Waals surface area contributed by atoms with Gasteiger partial charge in [0.2, 0.25) is 0 Å². The van der Waals surface area contributed by atoms with Crippen LogP contribution in [-0.4, -0.2) is 17.0 Å². The van der Waals surface area contributed by atoms with Gasteiger partial charge < -0.3 is 5.32 Å². The van der Waals surface area contributed by atoms with Crippen LogP contribution in [0, 0.1) is 5.82 Å². The summed E-state index contributed by atoms with van der Waals surface area (Å²) in [6, 6.07) is 5.38. The molecule has 0 aromatic carbocycles. The Hall–Kier alpha value is -1.33. The zero-order valence-electron chi connectivity index (χ0n) is 9.90. The van der Waals surface area contributed by atoms with Crippen LogP contribution in [0.15, 0.2) is 41.3 Å². The molecule has 0 saturated heterocycles. The molecule has 1 unspecified atom stereocenters. The van der Waals surface area contributed by atoms with E-state index in [1.807, 2.05) is 19.2 Å². The van der Waals surface area contributed by atoms with Crippen molar-refractivity contribution in [3.05, 3.63) is 58.3 Å². The van der Waals surface area contributed by atoms with E-state index in [1.165, 1.54) is 12.3 Å². The molecule has 2 aromatic rings. The van der Waals surface area contributed by atoms with Gasteiger partial charge in [-0.1, -0.05) is 0 Å². The molecule has 94 valence electrons. The lowest BCUT2D eigenvalue weighted by Crippen LogP contribution is -2.19. The highest BCUT2D eigenvalue weighted by Gasteiger charge is 2.12. The van der Waals surface area contributed by atoms with E-state index in [2.05, 4.69) is 31.2 Å². The number of pyridine rings is 2. The topological polar surface area (TPSA) is 37.8 Å². The summed E-state index contributed by atoms with van der Waals surface area (Å²) in [6.45, 7) is 0. The largest absolute Gasteiger partial charge is 0.313 e. The zero-order valence-corrected chi connectivity index (χ0v) is 11.5. The molecule has 5 heteroatoms. The van der Waals surface area contributed by atoms with Crippen LogP contribution in [0.4, 0.5) is 4.39 Å². The van der Waals surface area contributed by atoms with E-state index in [1.54, 1.807) is 12.4 Å². The lowest BCUT2D eigenvalue weighted by molar-refractivity contribution is 0.566. The van der Waals surface area contributed by atoms with Crippen LogP contribution in [0.1, 0.15) is 17.3 Å². The fourth-order valence-electron chi connectivity index (χ4n) is 1.74. The zero-order chi connectivity index (χ0) is 13.0. The van der Waals surface area contributed by atoms with E-state index in [0.29, 0.717) is 6.42 Å². The Morgan fingerprint density at radius 2 is 2.17 bits per heavy atom. The molecule has 2 aromatic heterocycles. The van der Waals surface area contributed by atoms with Gasteiger partial charge in [-0.15, -0.1) is 0 Å². The molecule has 0 aliphatic heterocycles. The third-order valence-electron chi connectivity index (χ3n) is 2.68. The fraction of sp³-hybridized carbons (Fsp3) is 0.231. The first-order valence-corrected chi connectivity index (χ1v) is 6.36. The van der Waals surface area contributed by atoms with Crippen LogP contribution < -0.4 is 5.32 Å². The van der Waals surface area contributed by atoms with E-state index >= 15 is 0 Å². The molecule has 18 heavy (non-hydrogen) atoms.